The molecule has 0 radical (unpaired) electrons. The molecule has 2 aliphatic rings. The van der Waals surface area contributed by atoms with Crippen LogP contribution in [0.15, 0.2) is 48.5 Å². The Morgan fingerprint density at radius 2 is 1.92 bits per heavy atom. The van der Waals surface area contributed by atoms with Gasteiger partial charge in [-0.25, -0.2) is 4.39 Å². The van der Waals surface area contributed by atoms with Crippen LogP contribution in [0.5, 0.6) is 0 Å². The van der Waals surface area contributed by atoms with E-state index in [0.29, 0.717) is 12.1 Å². The number of amides is 1. The van der Waals surface area contributed by atoms with E-state index in [-0.39, 0.29) is 29.6 Å². The van der Waals surface area contributed by atoms with Gasteiger partial charge in [-0.3, -0.25) is 9.69 Å². The van der Waals surface area contributed by atoms with Crippen molar-refractivity contribution in [1.82, 2.24) is 10.2 Å². The van der Waals surface area contributed by atoms with Crippen LogP contribution < -0.4 is 5.32 Å². The first-order valence-electron chi connectivity index (χ1n) is 9.46. The molecule has 0 aromatic heterocycles. The van der Waals surface area contributed by atoms with Crippen molar-refractivity contribution in [2.45, 2.75) is 38.3 Å². The molecule has 3 atom stereocenters. The fraction of sp³-hybridized carbons (Fsp3) is 0.409. The van der Waals surface area contributed by atoms with Gasteiger partial charge in [-0.2, -0.15) is 0 Å². The van der Waals surface area contributed by atoms with E-state index >= 15 is 0 Å². The Kier molecular flexibility index (Phi) is 4.77. The van der Waals surface area contributed by atoms with Crippen LogP contribution in [0.1, 0.15) is 36.0 Å². The fourth-order valence-electron chi connectivity index (χ4n) is 4.01. The predicted molar refractivity (Wildman–Crippen MR) is 100 cm³/mol. The van der Waals surface area contributed by atoms with Crippen molar-refractivity contribution in [2.24, 2.45) is 5.92 Å². The smallest absolute Gasteiger partial charge is 0.223 e. The Balaban J connectivity index is 1.28. The van der Waals surface area contributed by atoms with Gasteiger partial charge in [0.25, 0.3) is 0 Å². The average molecular weight is 352 g/mol. The minimum absolute atomic E-state index is 0.0355. The predicted octanol–water partition coefficient (Wildman–Crippen LogP) is 3.49. The summed E-state index contributed by atoms with van der Waals surface area (Å²) in [6.07, 6.45) is 1.81. The number of fused-ring (bicyclic) bond motifs is 1. The number of hydrogen-bond acceptors (Lipinski definition) is 2. The number of rotatable bonds is 5. The fourth-order valence-corrected chi connectivity index (χ4v) is 4.01. The Labute approximate surface area is 154 Å². The average Bonchev–Trinajstić information content (AvgIpc) is 3.46. The molecule has 1 aliphatic carbocycles. The maximum absolute atomic E-state index is 13.9. The van der Waals surface area contributed by atoms with Gasteiger partial charge in [-0.05, 0) is 48.4 Å². The molecule has 2 aromatic carbocycles. The molecule has 3 nitrogen and oxygen atoms in total. The van der Waals surface area contributed by atoms with Crippen LogP contribution in [0, 0.1) is 11.7 Å². The Hall–Kier alpha value is -2.20. The van der Waals surface area contributed by atoms with Crippen molar-refractivity contribution in [3.63, 3.8) is 0 Å². The standard InChI is InChI=1S/C22H25FN2O/c1-15(25-11-10-16-6-2-3-7-17(16)14-25)13-24-22(26)20-12-19(20)18-8-4-5-9-21(18)23/h2-9,15,19-20H,10-14H2,1H3,(H,24,26). The largest absolute Gasteiger partial charge is 0.354 e. The summed E-state index contributed by atoms with van der Waals surface area (Å²) in [5.74, 6) is -0.190. The molecule has 1 heterocycles. The lowest BCUT2D eigenvalue weighted by molar-refractivity contribution is -0.122. The highest BCUT2D eigenvalue weighted by molar-refractivity contribution is 5.82. The Bertz CT molecular complexity index is 806. The molecular weight excluding hydrogens is 327 g/mol. The summed E-state index contributed by atoms with van der Waals surface area (Å²) in [7, 11) is 0. The topological polar surface area (TPSA) is 32.3 Å². The van der Waals surface area contributed by atoms with Gasteiger partial charge in [-0.1, -0.05) is 42.5 Å². The zero-order valence-electron chi connectivity index (χ0n) is 15.1. The second-order valence-electron chi connectivity index (χ2n) is 7.55. The number of hydrogen-bond donors (Lipinski definition) is 1. The van der Waals surface area contributed by atoms with Gasteiger partial charge < -0.3 is 5.32 Å². The number of halogens is 1. The Morgan fingerprint density at radius 3 is 2.73 bits per heavy atom. The van der Waals surface area contributed by atoms with Crippen LogP contribution >= 0.6 is 0 Å². The molecule has 0 saturated heterocycles. The van der Waals surface area contributed by atoms with Gasteiger partial charge in [0.1, 0.15) is 5.82 Å². The molecular formula is C22H25FN2O. The molecule has 1 fully saturated rings. The van der Waals surface area contributed by atoms with Gasteiger partial charge in [0, 0.05) is 31.6 Å². The SMILES string of the molecule is CC(CNC(=O)C1CC1c1ccccc1F)N1CCc2ccccc2C1. The zero-order chi connectivity index (χ0) is 18.1. The molecule has 1 N–H and O–H groups in total. The summed E-state index contributed by atoms with van der Waals surface area (Å²) >= 11 is 0. The number of benzene rings is 2. The van der Waals surface area contributed by atoms with Crippen LogP contribution in [0.3, 0.4) is 0 Å². The van der Waals surface area contributed by atoms with Crippen molar-refractivity contribution in [2.75, 3.05) is 13.1 Å². The highest BCUT2D eigenvalue weighted by atomic mass is 19.1. The lowest BCUT2D eigenvalue weighted by Crippen LogP contribution is -2.44. The second-order valence-corrected chi connectivity index (χ2v) is 7.55. The number of nitrogens with zero attached hydrogens (tertiary/aromatic N) is 1. The molecule has 136 valence electrons. The first-order chi connectivity index (χ1) is 12.6. The maximum atomic E-state index is 13.9. The van der Waals surface area contributed by atoms with E-state index in [9.17, 15) is 9.18 Å². The van der Waals surface area contributed by atoms with Gasteiger partial charge in [0.2, 0.25) is 5.91 Å². The van der Waals surface area contributed by atoms with Crippen molar-refractivity contribution in [3.05, 3.63) is 71.0 Å². The Morgan fingerprint density at radius 1 is 1.19 bits per heavy atom. The number of nitrogens with one attached hydrogen (secondary N) is 1. The molecule has 4 rings (SSSR count). The quantitative estimate of drug-likeness (QED) is 0.893. The third kappa shape index (κ3) is 3.51. The minimum atomic E-state index is -0.201. The van der Waals surface area contributed by atoms with Gasteiger partial charge in [0.05, 0.1) is 0 Å². The normalized spacial score (nSPS) is 23.2. The van der Waals surface area contributed by atoms with Crippen molar-refractivity contribution >= 4 is 5.91 Å². The van der Waals surface area contributed by atoms with Crippen LogP contribution in [0.25, 0.3) is 0 Å². The minimum Gasteiger partial charge on any atom is -0.354 e. The molecule has 1 amide bonds. The summed E-state index contributed by atoms with van der Waals surface area (Å²) in [5.41, 5.74) is 3.50. The van der Waals surface area contributed by atoms with E-state index < -0.39 is 0 Å². The van der Waals surface area contributed by atoms with Crippen molar-refractivity contribution in [3.8, 4) is 0 Å². The van der Waals surface area contributed by atoms with E-state index in [1.54, 1.807) is 12.1 Å². The third-order valence-corrected chi connectivity index (χ3v) is 5.79. The number of carbonyl (C=O) groups excluding carboxylic acids is 1. The molecule has 1 aliphatic heterocycles. The van der Waals surface area contributed by atoms with Crippen LogP contribution in [-0.4, -0.2) is 29.9 Å². The van der Waals surface area contributed by atoms with Gasteiger partial charge in [-0.15, -0.1) is 0 Å². The van der Waals surface area contributed by atoms with Gasteiger partial charge in [0.15, 0.2) is 0 Å². The maximum Gasteiger partial charge on any atom is 0.223 e. The summed E-state index contributed by atoms with van der Waals surface area (Å²) in [5, 5.41) is 3.08. The molecule has 0 bridgehead atoms. The molecule has 3 unspecified atom stereocenters. The highest BCUT2D eigenvalue weighted by Gasteiger charge is 2.45. The van der Waals surface area contributed by atoms with E-state index in [1.165, 1.54) is 17.2 Å². The summed E-state index contributed by atoms with van der Waals surface area (Å²) in [4.78, 5) is 14.9. The van der Waals surface area contributed by atoms with Crippen LogP contribution in [-0.2, 0) is 17.8 Å². The lowest BCUT2D eigenvalue weighted by atomic mass is 9.99. The van der Waals surface area contributed by atoms with E-state index in [2.05, 4.69) is 41.4 Å². The molecule has 0 spiro atoms. The third-order valence-electron chi connectivity index (χ3n) is 5.79. The summed E-state index contributed by atoms with van der Waals surface area (Å²) in [6.45, 7) is 4.76. The lowest BCUT2D eigenvalue weighted by Gasteiger charge is -2.33. The van der Waals surface area contributed by atoms with Crippen molar-refractivity contribution < 1.29 is 9.18 Å². The van der Waals surface area contributed by atoms with E-state index in [4.69, 9.17) is 0 Å². The number of carbonyl (C=O) groups is 1. The molecule has 1 saturated carbocycles. The monoisotopic (exact) mass is 352 g/mol. The summed E-state index contributed by atoms with van der Waals surface area (Å²) in [6, 6.07) is 15.7. The van der Waals surface area contributed by atoms with Crippen LogP contribution in [0.4, 0.5) is 4.39 Å². The molecule has 4 heteroatoms. The first kappa shape index (κ1) is 17.2. The first-order valence-corrected chi connectivity index (χ1v) is 9.46. The summed E-state index contributed by atoms with van der Waals surface area (Å²) < 4.78 is 13.9. The van der Waals surface area contributed by atoms with E-state index in [0.717, 1.165) is 25.9 Å². The van der Waals surface area contributed by atoms with E-state index in [1.807, 2.05) is 6.07 Å². The molecule has 2 aromatic rings. The van der Waals surface area contributed by atoms with Crippen LogP contribution in [0.2, 0.25) is 0 Å². The van der Waals surface area contributed by atoms with Gasteiger partial charge >= 0.3 is 0 Å². The zero-order valence-corrected chi connectivity index (χ0v) is 15.1. The van der Waals surface area contributed by atoms with Crippen molar-refractivity contribution in [1.29, 1.82) is 0 Å². The second kappa shape index (κ2) is 7.20. The highest BCUT2D eigenvalue weighted by Crippen LogP contribution is 2.48. The molecule has 26 heavy (non-hydrogen) atoms.